The maximum Gasteiger partial charge on any atom is 0.296 e. The first-order chi connectivity index (χ1) is 4.13. The third-order valence-electron chi connectivity index (χ3n) is 0.316. The van der Waals surface area contributed by atoms with Gasteiger partial charge in [-0.2, -0.15) is 0 Å². The molecule has 0 saturated heterocycles. The van der Waals surface area contributed by atoms with Crippen LogP contribution in [0.2, 0.25) is 0 Å². The first-order valence-corrected chi connectivity index (χ1v) is 1.67. The van der Waals surface area contributed by atoms with E-state index in [1.807, 2.05) is 0 Å². The molecular weight excluding hydrogens is 136 g/mol. The van der Waals surface area contributed by atoms with Crippen LogP contribution in [0, 0.1) is 20.2 Å². The average Bonchev–Trinajstić information content (AvgIpc) is 1.63. The fourth-order valence-corrected chi connectivity index (χ4v) is 0.110. The lowest BCUT2D eigenvalue weighted by Gasteiger charge is -1.92. The van der Waals surface area contributed by atoms with Crippen molar-refractivity contribution in [3.8, 4) is 0 Å². The second kappa shape index (κ2) is 3.41. The summed E-state index contributed by atoms with van der Waals surface area (Å²) in [5.74, 6) is 0. The number of hydrogen-bond donors (Lipinski definition) is 0. The van der Waals surface area contributed by atoms with Gasteiger partial charge in [0.15, 0.2) is 0 Å². The molecule has 0 aliphatic heterocycles. The summed E-state index contributed by atoms with van der Waals surface area (Å²) in [5.41, 5.74) is 0. The van der Waals surface area contributed by atoms with Crippen molar-refractivity contribution in [2.45, 2.75) is 0 Å². The second-order valence-corrected chi connectivity index (χ2v) is 0.823. The van der Waals surface area contributed by atoms with E-state index in [-0.39, 0.29) is 0 Å². The monoisotopic (exact) mass is 138 g/mol. The van der Waals surface area contributed by atoms with Gasteiger partial charge in [-0.25, -0.2) is 0 Å². The maximum atomic E-state index is 9.26. The van der Waals surface area contributed by atoms with E-state index in [0.29, 0.717) is 0 Å². The largest absolute Gasteiger partial charge is 0.296 e. The molecule has 0 spiro atoms. The zero-order valence-electron chi connectivity index (χ0n) is 4.05. The minimum atomic E-state index is -1.19. The number of rotatable bonds is 4. The van der Waals surface area contributed by atoms with Crippen LogP contribution in [-0.2, 0) is 9.68 Å². The highest BCUT2D eigenvalue weighted by atomic mass is 17.0. The quantitative estimate of drug-likeness (QED) is 0.290. The Hall–Kier alpha value is -1.60. The Labute approximate surface area is 48.2 Å². The van der Waals surface area contributed by atoms with Crippen molar-refractivity contribution in [3.05, 3.63) is 20.2 Å². The SMILES string of the molecule is O=[N+]([O-])OCO[N+](=O)[O-]. The molecule has 0 aliphatic rings. The van der Waals surface area contributed by atoms with Crippen LogP contribution >= 0.6 is 0 Å². The molecule has 0 saturated carbocycles. The van der Waals surface area contributed by atoms with Gasteiger partial charge in [-0.05, 0) is 0 Å². The molecule has 52 valence electrons. The second-order valence-electron chi connectivity index (χ2n) is 0.823. The molecule has 0 aromatic carbocycles. The van der Waals surface area contributed by atoms with Crippen LogP contribution in [0.4, 0.5) is 0 Å². The van der Waals surface area contributed by atoms with Crippen molar-refractivity contribution in [1.82, 2.24) is 0 Å². The minimum Gasteiger partial charge on any atom is -0.286 e. The zero-order chi connectivity index (χ0) is 7.28. The van der Waals surface area contributed by atoms with E-state index in [1.165, 1.54) is 0 Å². The van der Waals surface area contributed by atoms with Crippen molar-refractivity contribution in [2.24, 2.45) is 0 Å². The highest BCUT2D eigenvalue weighted by Crippen LogP contribution is 1.77. The topological polar surface area (TPSA) is 105 Å². The van der Waals surface area contributed by atoms with Crippen molar-refractivity contribution in [3.63, 3.8) is 0 Å². The Morgan fingerprint density at radius 1 is 1.11 bits per heavy atom. The van der Waals surface area contributed by atoms with Crippen molar-refractivity contribution < 1.29 is 19.8 Å². The van der Waals surface area contributed by atoms with E-state index >= 15 is 0 Å². The summed E-state index contributed by atoms with van der Waals surface area (Å²) < 4.78 is 0. The average molecular weight is 138 g/mol. The van der Waals surface area contributed by atoms with Gasteiger partial charge >= 0.3 is 0 Å². The Morgan fingerprint density at radius 2 is 1.44 bits per heavy atom. The molecule has 0 unspecified atom stereocenters. The van der Waals surface area contributed by atoms with Gasteiger partial charge in [0.05, 0.1) is 0 Å². The molecule has 0 rings (SSSR count). The molecule has 9 heavy (non-hydrogen) atoms. The minimum absolute atomic E-state index is 0.986. The van der Waals surface area contributed by atoms with Crippen molar-refractivity contribution >= 4 is 0 Å². The standard InChI is InChI=1S/CH2N2O6/c4-2(5)8-1-9-3(6)7/h1H2. The van der Waals surface area contributed by atoms with Crippen LogP contribution in [0.15, 0.2) is 0 Å². The third kappa shape index (κ3) is 6.40. The maximum absolute atomic E-state index is 9.26. The van der Waals surface area contributed by atoms with Gasteiger partial charge in [-0.3, -0.25) is 9.68 Å². The van der Waals surface area contributed by atoms with Crippen LogP contribution in [0.3, 0.4) is 0 Å². The zero-order valence-corrected chi connectivity index (χ0v) is 4.05. The van der Waals surface area contributed by atoms with Gasteiger partial charge in [0.1, 0.15) is 0 Å². The molecule has 0 atom stereocenters. The molecule has 0 N–H and O–H groups in total. The molecule has 0 amide bonds. The smallest absolute Gasteiger partial charge is 0.286 e. The fourth-order valence-electron chi connectivity index (χ4n) is 0.110. The summed E-state index contributed by atoms with van der Waals surface area (Å²) in [7, 11) is 0. The summed E-state index contributed by atoms with van der Waals surface area (Å²) >= 11 is 0. The Morgan fingerprint density at radius 3 is 1.67 bits per heavy atom. The van der Waals surface area contributed by atoms with Crippen LogP contribution in [0.1, 0.15) is 0 Å². The molecule has 0 radical (unpaired) electrons. The lowest BCUT2D eigenvalue weighted by Crippen LogP contribution is -2.09. The lowest BCUT2D eigenvalue weighted by atomic mass is 11.5. The van der Waals surface area contributed by atoms with Gasteiger partial charge in [0.25, 0.3) is 10.2 Å². The van der Waals surface area contributed by atoms with Crippen LogP contribution in [0.5, 0.6) is 0 Å². The molecule has 0 fully saturated rings. The lowest BCUT2D eigenvalue weighted by molar-refractivity contribution is -0.832. The summed E-state index contributed by atoms with van der Waals surface area (Å²) in [6.07, 6.45) is 0. The Bertz CT molecular complexity index is 106. The normalized spacial score (nSPS) is 8.00. The van der Waals surface area contributed by atoms with Crippen LogP contribution in [0.25, 0.3) is 0 Å². The molecule has 0 heterocycles. The predicted octanol–water partition coefficient (Wildman–Crippen LogP) is -0.640. The summed E-state index contributed by atoms with van der Waals surface area (Å²) in [4.78, 5) is 25.3. The van der Waals surface area contributed by atoms with Crippen LogP contribution in [-0.4, -0.2) is 17.0 Å². The van der Waals surface area contributed by atoms with Gasteiger partial charge in [0.2, 0.25) is 6.79 Å². The Kier molecular flexibility index (Phi) is 2.80. The first kappa shape index (κ1) is 7.40. The van der Waals surface area contributed by atoms with E-state index < -0.39 is 17.0 Å². The van der Waals surface area contributed by atoms with Gasteiger partial charge in [-0.1, -0.05) is 0 Å². The van der Waals surface area contributed by atoms with Crippen molar-refractivity contribution in [1.29, 1.82) is 0 Å². The van der Waals surface area contributed by atoms with E-state index in [9.17, 15) is 20.2 Å². The van der Waals surface area contributed by atoms with Crippen LogP contribution < -0.4 is 0 Å². The van der Waals surface area contributed by atoms with E-state index in [0.717, 1.165) is 0 Å². The molecule has 0 aromatic rings. The highest BCUT2D eigenvalue weighted by molar-refractivity contribution is 3.92. The summed E-state index contributed by atoms with van der Waals surface area (Å²) in [5, 5.41) is 16.1. The molecular formula is CH2N2O6. The van der Waals surface area contributed by atoms with Gasteiger partial charge in [-0.15, -0.1) is 20.2 Å². The molecule has 8 nitrogen and oxygen atoms in total. The third-order valence-corrected chi connectivity index (χ3v) is 0.316. The predicted molar refractivity (Wildman–Crippen MR) is 21.0 cm³/mol. The highest BCUT2D eigenvalue weighted by Gasteiger charge is 1.96. The Balaban J connectivity index is 3.10. The van der Waals surface area contributed by atoms with E-state index in [2.05, 4.69) is 9.68 Å². The summed E-state index contributed by atoms with van der Waals surface area (Å²) in [6, 6.07) is 0. The first-order valence-electron chi connectivity index (χ1n) is 1.67. The molecule has 0 aromatic heterocycles. The number of nitrogens with zero attached hydrogens (tertiary/aromatic N) is 2. The van der Waals surface area contributed by atoms with E-state index in [4.69, 9.17) is 0 Å². The van der Waals surface area contributed by atoms with Gasteiger partial charge in [0, 0.05) is 0 Å². The molecule has 8 heteroatoms. The molecule has 0 aliphatic carbocycles. The fraction of sp³-hybridized carbons (Fsp3) is 1.00. The molecule has 0 bridgehead atoms. The summed E-state index contributed by atoms with van der Waals surface area (Å²) in [6.45, 7) is -0.986. The van der Waals surface area contributed by atoms with E-state index in [1.54, 1.807) is 0 Å². The van der Waals surface area contributed by atoms with Gasteiger partial charge < -0.3 is 0 Å². The van der Waals surface area contributed by atoms with Crippen molar-refractivity contribution in [2.75, 3.05) is 6.79 Å². The number of hydrogen-bond acceptors (Lipinski definition) is 6.